The van der Waals surface area contributed by atoms with Gasteiger partial charge in [-0.05, 0) is 57.3 Å². The first-order valence-electron chi connectivity index (χ1n) is 7.08. The summed E-state index contributed by atoms with van der Waals surface area (Å²) in [6.45, 7) is 4.37. The summed E-state index contributed by atoms with van der Waals surface area (Å²) >= 11 is 0. The van der Waals surface area contributed by atoms with Gasteiger partial charge >= 0.3 is 0 Å². The molecule has 2 heteroatoms. The van der Waals surface area contributed by atoms with Gasteiger partial charge in [0.25, 0.3) is 0 Å². The molecule has 4 rings (SSSR count). The van der Waals surface area contributed by atoms with Gasteiger partial charge in [0, 0.05) is 5.41 Å². The minimum atomic E-state index is -0.167. The van der Waals surface area contributed by atoms with Crippen LogP contribution in [0.25, 0.3) is 21.9 Å². The predicted molar refractivity (Wildman–Crippen MR) is 84.8 cm³/mol. The monoisotopic (exact) mass is 276 g/mol. The average Bonchev–Trinajstić information content (AvgIpc) is 2.67. The maximum Gasteiger partial charge on any atom is 0.116 e. The van der Waals surface area contributed by atoms with Crippen LogP contribution in [-0.2, 0) is 5.41 Å². The standard InChI is InChI=1S/C19H16O2/c1-19(2)17-10-13(21)5-8-15(17)16-6-3-11-9-12(20)4-7-14(11)18(16)19/h3-10,20-21H,1-2H3. The van der Waals surface area contributed by atoms with Crippen LogP contribution >= 0.6 is 0 Å². The van der Waals surface area contributed by atoms with Crippen LogP contribution in [0.1, 0.15) is 25.0 Å². The van der Waals surface area contributed by atoms with Gasteiger partial charge in [0.05, 0.1) is 0 Å². The Hall–Kier alpha value is -2.48. The number of hydrogen-bond donors (Lipinski definition) is 2. The van der Waals surface area contributed by atoms with Gasteiger partial charge in [-0.3, -0.25) is 0 Å². The number of phenolic OH excluding ortho intramolecular Hbond substituents is 2. The van der Waals surface area contributed by atoms with Crippen molar-refractivity contribution >= 4 is 10.8 Å². The van der Waals surface area contributed by atoms with Crippen molar-refractivity contribution in [2.24, 2.45) is 0 Å². The Morgan fingerprint density at radius 1 is 0.762 bits per heavy atom. The van der Waals surface area contributed by atoms with E-state index in [9.17, 15) is 10.2 Å². The highest BCUT2D eigenvalue weighted by atomic mass is 16.3. The van der Waals surface area contributed by atoms with Crippen molar-refractivity contribution in [3.8, 4) is 22.6 Å². The van der Waals surface area contributed by atoms with Crippen LogP contribution in [0.5, 0.6) is 11.5 Å². The molecule has 0 spiro atoms. The third kappa shape index (κ3) is 1.53. The Morgan fingerprint density at radius 3 is 2.24 bits per heavy atom. The summed E-state index contributed by atoms with van der Waals surface area (Å²) in [4.78, 5) is 0. The number of benzene rings is 3. The molecule has 0 aromatic heterocycles. The fourth-order valence-corrected chi connectivity index (χ4v) is 3.63. The predicted octanol–water partition coefficient (Wildman–Crippen LogP) is 4.56. The molecule has 0 bridgehead atoms. The van der Waals surface area contributed by atoms with Crippen molar-refractivity contribution in [2.45, 2.75) is 19.3 Å². The lowest BCUT2D eigenvalue weighted by molar-refractivity contribution is 0.473. The Balaban J connectivity index is 2.14. The second-order valence-corrected chi connectivity index (χ2v) is 6.25. The molecule has 21 heavy (non-hydrogen) atoms. The van der Waals surface area contributed by atoms with E-state index in [-0.39, 0.29) is 11.2 Å². The van der Waals surface area contributed by atoms with E-state index in [1.54, 1.807) is 18.2 Å². The first-order chi connectivity index (χ1) is 9.98. The normalized spacial score (nSPS) is 15.0. The van der Waals surface area contributed by atoms with Crippen molar-refractivity contribution in [3.63, 3.8) is 0 Å². The molecule has 0 unspecified atom stereocenters. The second-order valence-electron chi connectivity index (χ2n) is 6.25. The molecule has 0 amide bonds. The van der Waals surface area contributed by atoms with E-state index in [1.807, 2.05) is 24.3 Å². The summed E-state index contributed by atoms with van der Waals surface area (Å²) < 4.78 is 0. The van der Waals surface area contributed by atoms with Crippen LogP contribution in [-0.4, -0.2) is 10.2 Å². The zero-order valence-electron chi connectivity index (χ0n) is 12.0. The van der Waals surface area contributed by atoms with E-state index in [1.165, 1.54) is 16.7 Å². The third-order valence-electron chi connectivity index (χ3n) is 4.60. The number of fused-ring (bicyclic) bond motifs is 5. The highest BCUT2D eigenvalue weighted by molar-refractivity contribution is 5.98. The minimum Gasteiger partial charge on any atom is -0.508 e. The van der Waals surface area contributed by atoms with E-state index in [0.717, 1.165) is 16.3 Å². The summed E-state index contributed by atoms with van der Waals surface area (Å²) in [6.07, 6.45) is 0. The van der Waals surface area contributed by atoms with Gasteiger partial charge in [-0.15, -0.1) is 0 Å². The van der Waals surface area contributed by atoms with Crippen LogP contribution in [0, 0.1) is 0 Å². The van der Waals surface area contributed by atoms with Crippen molar-refractivity contribution in [1.29, 1.82) is 0 Å². The number of hydrogen-bond acceptors (Lipinski definition) is 2. The number of rotatable bonds is 0. The van der Waals surface area contributed by atoms with E-state index in [2.05, 4.69) is 19.9 Å². The first kappa shape index (κ1) is 12.3. The van der Waals surface area contributed by atoms with Gasteiger partial charge in [-0.2, -0.15) is 0 Å². The van der Waals surface area contributed by atoms with Crippen LogP contribution in [0.2, 0.25) is 0 Å². The quantitative estimate of drug-likeness (QED) is 0.632. The van der Waals surface area contributed by atoms with Crippen molar-refractivity contribution in [3.05, 3.63) is 59.7 Å². The molecular weight excluding hydrogens is 260 g/mol. The average molecular weight is 276 g/mol. The molecule has 0 radical (unpaired) electrons. The summed E-state index contributed by atoms with van der Waals surface area (Å²) in [5, 5.41) is 21.7. The summed E-state index contributed by atoms with van der Waals surface area (Å²) in [5.41, 5.74) is 4.65. The molecule has 1 aliphatic rings. The van der Waals surface area contributed by atoms with Crippen LogP contribution in [0.15, 0.2) is 48.5 Å². The largest absolute Gasteiger partial charge is 0.508 e. The lowest BCUT2D eigenvalue weighted by atomic mass is 9.80. The van der Waals surface area contributed by atoms with Crippen molar-refractivity contribution in [1.82, 2.24) is 0 Å². The van der Waals surface area contributed by atoms with E-state index in [0.29, 0.717) is 5.75 Å². The van der Waals surface area contributed by atoms with Gasteiger partial charge < -0.3 is 10.2 Å². The molecule has 3 aromatic carbocycles. The molecule has 0 heterocycles. The van der Waals surface area contributed by atoms with Crippen LogP contribution in [0.3, 0.4) is 0 Å². The molecule has 0 fully saturated rings. The Kier molecular flexibility index (Phi) is 2.22. The third-order valence-corrected chi connectivity index (χ3v) is 4.60. The molecule has 2 N–H and O–H groups in total. The maximum absolute atomic E-state index is 9.82. The Bertz CT molecular complexity index is 891. The topological polar surface area (TPSA) is 40.5 Å². The van der Waals surface area contributed by atoms with Crippen LogP contribution in [0.4, 0.5) is 0 Å². The summed E-state index contributed by atoms with van der Waals surface area (Å²) in [6, 6.07) is 15.3. The van der Waals surface area contributed by atoms with Gasteiger partial charge in [-0.1, -0.05) is 38.1 Å². The zero-order chi connectivity index (χ0) is 14.8. The molecule has 0 saturated carbocycles. The fraction of sp³-hybridized carbons (Fsp3) is 0.158. The number of phenols is 2. The molecule has 2 nitrogen and oxygen atoms in total. The number of aromatic hydroxyl groups is 2. The molecule has 104 valence electrons. The minimum absolute atomic E-state index is 0.167. The smallest absolute Gasteiger partial charge is 0.116 e. The summed E-state index contributed by atoms with van der Waals surface area (Å²) in [7, 11) is 0. The molecule has 1 aliphatic carbocycles. The van der Waals surface area contributed by atoms with Crippen LogP contribution < -0.4 is 0 Å². The van der Waals surface area contributed by atoms with Crippen molar-refractivity contribution in [2.75, 3.05) is 0 Å². The van der Waals surface area contributed by atoms with Gasteiger partial charge in [0.1, 0.15) is 11.5 Å². The van der Waals surface area contributed by atoms with Gasteiger partial charge in [0.2, 0.25) is 0 Å². The summed E-state index contributed by atoms with van der Waals surface area (Å²) in [5.74, 6) is 0.588. The highest BCUT2D eigenvalue weighted by Crippen LogP contribution is 2.52. The lowest BCUT2D eigenvalue weighted by Gasteiger charge is -2.23. The Morgan fingerprint density at radius 2 is 1.43 bits per heavy atom. The molecular formula is C19H16O2. The zero-order valence-corrected chi connectivity index (χ0v) is 12.0. The SMILES string of the molecule is CC1(C)c2cc(O)ccc2-c2ccc3cc(O)ccc3c21. The fourth-order valence-electron chi connectivity index (χ4n) is 3.63. The Labute approximate surface area is 123 Å². The highest BCUT2D eigenvalue weighted by Gasteiger charge is 2.36. The maximum atomic E-state index is 9.82. The molecule has 0 atom stereocenters. The lowest BCUT2D eigenvalue weighted by Crippen LogP contribution is -2.15. The van der Waals surface area contributed by atoms with Gasteiger partial charge in [-0.25, -0.2) is 0 Å². The molecule has 0 aliphatic heterocycles. The van der Waals surface area contributed by atoms with E-state index in [4.69, 9.17) is 0 Å². The first-order valence-corrected chi connectivity index (χ1v) is 7.08. The van der Waals surface area contributed by atoms with Gasteiger partial charge in [0.15, 0.2) is 0 Å². The van der Waals surface area contributed by atoms with Crippen molar-refractivity contribution < 1.29 is 10.2 Å². The molecule has 3 aromatic rings. The second kappa shape index (κ2) is 3.79. The van der Waals surface area contributed by atoms with E-state index >= 15 is 0 Å². The van der Waals surface area contributed by atoms with E-state index < -0.39 is 0 Å². The molecule has 0 saturated heterocycles.